The highest BCUT2D eigenvalue weighted by atomic mass is 32.2. The lowest BCUT2D eigenvalue weighted by atomic mass is 10.1. The van der Waals surface area contributed by atoms with Crippen molar-refractivity contribution < 1.29 is 18.1 Å². The molecule has 11 heteroatoms. The van der Waals surface area contributed by atoms with Crippen LogP contribution in [0.5, 0.6) is 0 Å². The van der Waals surface area contributed by atoms with Crippen LogP contribution in [0.15, 0.2) is 41.3 Å². The van der Waals surface area contributed by atoms with E-state index in [1.807, 2.05) is 0 Å². The number of nitrogens with zero attached hydrogens (tertiary/aromatic N) is 2. The Hall–Kier alpha value is -3.18. The van der Waals surface area contributed by atoms with E-state index in [2.05, 4.69) is 17.6 Å². The molecule has 0 unspecified atom stereocenters. The van der Waals surface area contributed by atoms with Gasteiger partial charge in [-0.2, -0.15) is 4.31 Å². The van der Waals surface area contributed by atoms with Gasteiger partial charge in [-0.1, -0.05) is 27.2 Å². The minimum Gasteiger partial charge on any atom is -0.383 e. The number of nitrogens with two attached hydrogens (primary N) is 1. The Labute approximate surface area is 194 Å². The summed E-state index contributed by atoms with van der Waals surface area (Å²) in [6.07, 6.45) is 1.92. The molecule has 0 heterocycles. The van der Waals surface area contributed by atoms with Crippen molar-refractivity contribution in [1.29, 1.82) is 0 Å². The van der Waals surface area contributed by atoms with Gasteiger partial charge in [-0.3, -0.25) is 14.9 Å². The van der Waals surface area contributed by atoms with Gasteiger partial charge in [0.2, 0.25) is 15.9 Å². The SMILES string of the molecule is CCCCNc1ccc(S(=O)(=O)N(CC)CC)cc1NCc1ccc(C(N)=O)cc1[N+](=O)[O-]. The predicted molar refractivity (Wildman–Crippen MR) is 129 cm³/mol. The molecule has 0 spiro atoms. The molecule has 0 aliphatic rings. The van der Waals surface area contributed by atoms with E-state index in [1.54, 1.807) is 26.0 Å². The van der Waals surface area contributed by atoms with Gasteiger partial charge in [-0.05, 0) is 36.8 Å². The van der Waals surface area contributed by atoms with E-state index in [1.165, 1.54) is 22.5 Å². The third-order valence-corrected chi connectivity index (χ3v) is 7.26. The maximum absolute atomic E-state index is 13.0. The van der Waals surface area contributed by atoms with E-state index in [-0.39, 0.29) is 22.7 Å². The molecular weight excluding hydrogens is 446 g/mol. The molecule has 0 aliphatic carbocycles. The molecule has 0 bridgehead atoms. The number of amides is 1. The fourth-order valence-corrected chi connectivity index (χ4v) is 4.81. The monoisotopic (exact) mass is 477 g/mol. The number of benzene rings is 2. The number of carbonyl (C=O) groups excluding carboxylic acids is 1. The van der Waals surface area contributed by atoms with Crippen LogP contribution in [0.1, 0.15) is 49.5 Å². The number of hydrogen-bond donors (Lipinski definition) is 3. The average Bonchev–Trinajstić information content (AvgIpc) is 2.78. The Balaban J connectivity index is 2.42. The molecule has 0 aromatic heterocycles. The Morgan fingerprint density at radius 1 is 1.06 bits per heavy atom. The molecule has 33 heavy (non-hydrogen) atoms. The number of anilines is 2. The summed E-state index contributed by atoms with van der Waals surface area (Å²) in [6, 6.07) is 8.81. The molecule has 0 saturated heterocycles. The molecule has 2 rings (SSSR count). The van der Waals surface area contributed by atoms with Gasteiger partial charge in [-0.15, -0.1) is 0 Å². The number of primary amides is 1. The first-order chi connectivity index (χ1) is 15.6. The van der Waals surface area contributed by atoms with Crippen LogP contribution in [0.2, 0.25) is 0 Å². The molecule has 0 aliphatic heterocycles. The smallest absolute Gasteiger partial charge is 0.275 e. The van der Waals surface area contributed by atoms with E-state index in [4.69, 9.17) is 5.73 Å². The summed E-state index contributed by atoms with van der Waals surface area (Å²) >= 11 is 0. The Kier molecular flexibility index (Phi) is 9.18. The average molecular weight is 478 g/mol. The zero-order valence-corrected chi connectivity index (χ0v) is 19.9. The van der Waals surface area contributed by atoms with Crippen molar-refractivity contribution >= 4 is 33.0 Å². The first-order valence-corrected chi connectivity index (χ1v) is 12.3. The van der Waals surface area contributed by atoms with Crippen molar-refractivity contribution in [2.75, 3.05) is 30.3 Å². The lowest BCUT2D eigenvalue weighted by Crippen LogP contribution is -2.30. The van der Waals surface area contributed by atoms with Crippen LogP contribution in [-0.4, -0.2) is 43.2 Å². The quantitative estimate of drug-likeness (QED) is 0.227. The molecule has 0 saturated carbocycles. The minimum atomic E-state index is -3.68. The van der Waals surface area contributed by atoms with Gasteiger partial charge in [0.05, 0.1) is 21.2 Å². The van der Waals surface area contributed by atoms with Crippen molar-refractivity contribution in [2.45, 2.75) is 45.1 Å². The van der Waals surface area contributed by atoms with Gasteiger partial charge in [-0.25, -0.2) is 8.42 Å². The van der Waals surface area contributed by atoms with Crippen LogP contribution < -0.4 is 16.4 Å². The lowest BCUT2D eigenvalue weighted by molar-refractivity contribution is -0.385. The maximum atomic E-state index is 13.0. The van der Waals surface area contributed by atoms with E-state index in [0.717, 1.165) is 18.9 Å². The van der Waals surface area contributed by atoms with Gasteiger partial charge in [0, 0.05) is 43.4 Å². The first-order valence-electron chi connectivity index (χ1n) is 10.8. The van der Waals surface area contributed by atoms with E-state index in [0.29, 0.717) is 36.6 Å². The van der Waals surface area contributed by atoms with Crippen LogP contribution >= 0.6 is 0 Å². The summed E-state index contributed by atoms with van der Waals surface area (Å²) in [4.78, 5) is 22.4. The molecule has 1 amide bonds. The number of sulfonamides is 1. The van der Waals surface area contributed by atoms with Gasteiger partial charge in [0.25, 0.3) is 5.69 Å². The van der Waals surface area contributed by atoms with Crippen LogP contribution in [0, 0.1) is 10.1 Å². The predicted octanol–water partition coefficient (Wildman–Crippen LogP) is 3.55. The molecule has 2 aromatic carbocycles. The van der Waals surface area contributed by atoms with E-state index < -0.39 is 20.9 Å². The molecule has 10 nitrogen and oxygen atoms in total. The summed E-state index contributed by atoms with van der Waals surface area (Å²) in [6.45, 7) is 7.04. The molecular formula is C22H31N5O5S. The Bertz CT molecular complexity index is 1100. The normalized spacial score (nSPS) is 11.4. The second-order valence-corrected chi connectivity index (χ2v) is 9.33. The second-order valence-electron chi connectivity index (χ2n) is 7.40. The van der Waals surface area contributed by atoms with Crippen molar-refractivity contribution in [1.82, 2.24) is 4.31 Å². The fourth-order valence-electron chi connectivity index (χ4n) is 3.32. The summed E-state index contributed by atoms with van der Waals surface area (Å²) in [5, 5.41) is 17.9. The van der Waals surface area contributed by atoms with E-state index >= 15 is 0 Å². The molecule has 180 valence electrons. The topological polar surface area (TPSA) is 148 Å². The van der Waals surface area contributed by atoms with Crippen molar-refractivity contribution in [3.05, 3.63) is 57.6 Å². The molecule has 2 aromatic rings. The molecule has 0 fully saturated rings. The number of nitro groups is 1. The highest BCUT2D eigenvalue weighted by Gasteiger charge is 2.23. The number of carbonyl (C=O) groups is 1. The number of nitro benzene ring substituents is 1. The largest absolute Gasteiger partial charge is 0.383 e. The molecule has 0 atom stereocenters. The van der Waals surface area contributed by atoms with Crippen LogP contribution in [0.25, 0.3) is 0 Å². The molecule has 0 radical (unpaired) electrons. The molecule has 4 N–H and O–H groups in total. The Morgan fingerprint density at radius 2 is 1.76 bits per heavy atom. The van der Waals surface area contributed by atoms with Gasteiger partial charge in [0.15, 0.2) is 0 Å². The highest BCUT2D eigenvalue weighted by Crippen LogP contribution is 2.29. The Morgan fingerprint density at radius 3 is 2.33 bits per heavy atom. The zero-order chi connectivity index (χ0) is 24.6. The van der Waals surface area contributed by atoms with Gasteiger partial charge < -0.3 is 16.4 Å². The zero-order valence-electron chi connectivity index (χ0n) is 19.1. The minimum absolute atomic E-state index is 0.0414. The maximum Gasteiger partial charge on any atom is 0.275 e. The highest BCUT2D eigenvalue weighted by molar-refractivity contribution is 7.89. The van der Waals surface area contributed by atoms with Crippen LogP contribution in [0.4, 0.5) is 17.1 Å². The van der Waals surface area contributed by atoms with Crippen molar-refractivity contribution in [3.8, 4) is 0 Å². The number of nitrogens with one attached hydrogen (secondary N) is 2. The van der Waals surface area contributed by atoms with Crippen LogP contribution in [0.3, 0.4) is 0 Å². The summed E-state index contributed by atoms with van der Waals surface area (Å²) in [5.74, 6) is -0.755. The second kappa shape index (κ2) is 11.6. The summed E-state index contributed by atoms with van der Waals surface area (Å²) in [5.41, 5.74) is 6.57. The third kappa shape index (κ3) is 6.42. The van der Waals surface area contributed by atoms with Gasteiger partial charge >= 0.3 is 0 Å². The standard InChI is InChI=1S/C22H31N5O5S/c1-4-7-12-24-19-11-10-18(33(31,32)26(5-2)6-3)14-20(19)25-15-17-9-8-16(22(23)28)13-21(17)27(29)30/h8-11,13-14,24-25H,4-7,12,15H2,1-3H3,(H2,23,28). The fraction of sp³-hybridized carbons (Fsp3) is 0.409. The van der Waals surface area contributed by atoms with Crippen molar-refractivity contribution in [2.24, 2.45) is 5.73 Å². The number of unbranched alkanes of at least 4 members (excludes halogenated alkanes) is 1. The first kappa shape index (κ1) is 26.1. The summed E-state index contributed by atoms with van der Waals surface area (Å²) in [7, 11) is -3.68. The van der Waals surface area contributed by atoms with Gasteiger partial charge in [0.1, 0.15) is 0 Å². The lowest BCUT2D eigenvalue weighted by Gasteiger charge is -2.20. The van der Waals surface area contributed by atoms with E-state index in [9.17, 15) is 23.3 Å². The van der Waals surface area contributed by atoms with Crippen LogP contribution in [-0.2, 0) is 16.6 Å². The number of rotatable bonds is 13. The van der Waals surface area contributed by atoms with Crippen molar-refractivity contribution in [3.63, 3.8) is 0 Å². The third-order valence-electron chi connectivity index (χ3n) is 5.22. The number of hydrogen-bond acceptors (Lipinski definition) is 7. The summed E-state index contributed by atoms with van der Waals surface area (Å²) < 4.78 is 27.3.